The molecule has 4 nitrogen and oxygen atoms in total. The van der Waals surface area contributed by atoms with Crippen LogP contribution < -0.4 is 0 Å². The highest BCUT2D eigenvalue weighted by Crippen LogP contribution is 2.55. The van der Waals surface area contributed by atoms with Gasteiger partial charge in [-0.05, 0) is 51.2 Å². The quantitative estimate of drug-likeness (QED) is 0.176. The van der Waals surface area contributed by atoms with Gasteiger partial charge in [-0.15, -0.1) is 0 Å². The van der Waals surface area contributed by atoms with Crippen molar-refractivity contribution in [3.05, 3.63) is 217 Å². The van der Waals surface area contributed by atoms with E-state index in [2.05, 4.69) is 152 Å². The minimum Gasteiger partial charge on any atom is -0.236 e. The SMILES string of the molecule is c1ccc(-c2cc(-c3ccccc3)nc(-c3ccc(-c4ncc5c(n4)C(c4ccccc4)(c4ccccc4)c4ccccc4-5)c4ccccc34)n2)cc1. The van der Waals surface area contributed by atoms with Crippen molar-refractivity contribution in [2.75, 3.05) is 0 Å². The second-order valence-electron chi connectivity index (χ2n) is 13.4. The summed E-state index contributed by atoms with van der Waals surface area (Å²) < 4.78 is 0. The molecule has 0 amide bonds. The van der Waals surface area contributed by atoms with Gasteiger partial charge in [-0.1, -0.05) is 170 Å². The number of rotatable bonds is 6. The largest absolute Gasteiger partial charge is 0.236 e. The van der Waals surface area contributed by atoms with Crippen LogP contribution in [0.4, 0.5) is 0 Å². The van der Waals surface area contributed by atoms with Crippen molar-refractivity contribution >= 4 is 10.8 Å². The summed E-state index contributed by atoms with van der Waals surface area (Å²) in [6.45, 7) is 0. The van der Waals surface area contributed by atoms with Crippen molar-refractivity contribution in [1.82, 2.24) is 19.9 Å². The molecule has 53 heavy (non-hydrogen) atoms. The zero-order valence-electron chi connectivity index (χ0n) is 28.8. The second-order valence-corrected chi connectivity index (χ2v) is 13.4. The maximum absolute atomic E-state index is 5.56. The van der Waals surface area contributed by atoms with E-state index < -0.39 is 5.41 Å². The average molecular weight is 677 g/mol. The van der Waals surface area contributed by atoms with Crippen LogP contribution in [-0.2, 0) is 5.41 Å². The molecule has 4 heteroatoms. The summed E-state index contributed by atoms with van der Waals surface area (Å²) in [7, 11) is 0. The Balaban J connectivity index is 1.19. The first-order valence-corrected chi connectivity index (χ1v) is 17.9. The number of nitrogens with zero attached hydrogens (tertiary/aromatic N) is 4. The molecule has 0 aliphatic heterocycles. The van der Waals surface area contributed by atoms with Crippen LogP contribution in [0.25, 0.3) is 67.2 Å². The third-order valence-corrected chi connectivity index (χ3v) is 10.4. The zero-order valence-corrected chi connectivity index (χ0v) is 28.8. The van der Waals surface area contributed by atoms with E-state index in [1.165, 1.54) is 16.7 Å². The van der Waals surface area contributed by atoms with Crippen molar-refractivity contribution < 1.29 is 0 Å². The summed E-state index contributed by atoms with van der Waals surface area (Å²) in [6.07, 6.45) is 2.02. The van der Waals surface area contributed by atoms with E-state index in [1.807, 2.05) is 42.6 Å². The fraction of sp³-hybridized carbons (Fsp3) is 0.0204. The van der Waals surface area contributed by atoms with Crippen LogP contribution in [0.5, 0.6) is 0 Å². The van der Waals surface area contributed by atoms with Crippen molar-refractivity contribution in [2.24, 2.45) is 0 Å². The van der Waals surface area contributed by atoms with Crippen LogP contribution in [0.15, 0.2) is 194 Å². The molecule has 0 bridgehead atoms. The highest BCUT2D eigenvalue weighted by atomic mass is 14.9. The van der Waals surface area contributed by atoms with Gasteiger partial charge in [-0.3, -0.25) is 0 Å². The lowest BCUT2D eigenvalue weighted by Gasteiger charge is -2.32. The molecule has 2 heterocycles. The molecule has 0 saturated heterocycles. The van der Waals surface area contributed by atoms with Gasteiger partial charge >= 0.3 is 0 Å². The maximum Gasteiger partial charge on any atom is 0.161 e. The third kappa shape index (κ3) is 4.99. The van der Waals surface area contributed by atoms with E-state index in [0.29, 0.717) is 11.6 Å². The van der Waals surface area contributed by atoms with E-state index >= 15 is 0 Å². The predicted molar refractivity (Wildman–Crippen MR) is 214 cm³/mol. The van der Waals surface area contributed by atoms with E-state index in [-0.39, 0.29) is 0 Å². The smallest absolute Gasteiger partial charge is 0.161 e. The van der Waals surface area contributed by atoms with Crippen LogP contribution in [-0.4, -0.2) is 19.9 Å². The summed E-state index contributed by atoms with van der Waals surface area (Å²) in [4.78, 5) is 21.0. The fourth-order valence-electron chi connectivity index (χ4n) is 8.06. The van der Waals surface area contributed by atoms with Crippen LogP contribution in [0.2, 0.25) is 0 Å². The summed E-state index contributed by atoms with van der Waals surface area (Å²) in [5, 5.41) is 2.08. The minimum atomic E-state index is -0.610. The molecule has 248 valence electrons. The Hall–Kier alpha value is -7.04. The van der Waals surface area contributed by atoms with Gasteiger partial charge in [-0.2, -0.15) is 0 Å². The highest BCUT2D eigenvalue weighted by Gasteiger charge is 2.47. The van der Waals surface area contributed by atoms with Gasteiger partial charge in [0, 0.05) is 34.0 Å². The van der Waals surface area contributed by atoms with Gasteiger partial charge in [0.25, 0.3) is 0 Å². The fourth-order valence-corrected chi connectivity index (χ4v) is 8.06. The predicted octanol–water partition coefficient (Wildman–Crippen LogP) is 11.5. The second kappa shape index (κ2) is 12.6. The Kier molecular flexibility index (Phi) is 7.33. The number of benzene rings is 7. The normalized spacial score (nSPS) is 12.7. The van der Waals surface area contributed by atoms with Gasteiger partial charge < -0.3 is 0 Å². The standard InChI is InChI=1S/C49H32N4/c1-5-17-33(18-6-1)44-31-45(34-19-7-2-8-20-34)52-48(51-44)41-30-29-40(37-25-13-14-26-38(37)41)47-50-32-42-39-27-15-16-28-43(39)49(46(42)53-47,35-21-9-3-10-22-35)36-23-11-4-12-24-36/h1-32H. The Bertz CT molecular complexity index is 2670. The molecule has 7 aromatic carbocycles. The van der Waals surface area contributed by atoms with Crippen LogP contribution >= 0.6 is 0 Å². The third-order valence-electron chi connectivity index (χ3n) is 10.4. The molecule has 0 spiro atoms. The molecule has 1 aliphatic carbocycles. The summed E-state index contributed by atoms with van der Waals surface area (Å²) >= 11 is 0. The van der Waals surface area contributed by atoms with E-state index in [0.717, 1.165) is 61.2 Å². The van der Waals surface area contributed by atoms with Gasteiger partial charge in [0.1, 0.15) is 0 Å². The van der Waals surface area contributed by atoms with Crippen molar-refractivity contribution in [2.45, 2.75) is 5.41 Å². The maximum atomic E-state index is 5.56. The molecule has 9 aromatic rings. The number of aromatic nitrogens is 4. The number of hydrogen-bond acceptors (Lipinski definition) is 4. The molecular formula is C49H32N4. The van der Waals surface area contributed by atoms with Gasteiger partial charge in [0.05, 0.1) is 22.5 Å². The van der Waals surface area contributed by atoms with E-state index in [4.69, 9.17) is 19.9 Å². The first-order chi connectivity index (χ1) is 26.3. The Morgan fingerprint density at radius 2 is 0.830 bits per heavy atom. The average Bonchev–Trinajstić information content (AvgIpc) is 3.55. The van der Waals surface area contributed by atoms with E-state index in [9.17, 15) is 0 Å². The summed E-state index contributed by atoms with van der Waals surface area (Å²) in [5.74, 6) is 1.35. The molecule has 0 saturated carbocycles. The molecule has 0 unspecified atom stereocenters. The molecule has 10 rings (SSSR count). The van der Waals surface area contributed by atoms with Gasteiger partial charge in [0.15, 0.2) is 11.6 Å². The van der Waals surface area contributed by atoms with Crippen LogP contribution in [0, 0.1) is 0 Å². The monoisotopic (exact) mass is 676 g/mol. The summed E-state index contributed by atoms with van der Waals surface area (Å²) in [5.41, 5.74) is 11.9. The topological polar surface area (TPSA) is 51.6 Å². The lowest BCUT2D eigenvalue weighted by atomic mass is 9.69. The first kappa shape index (κ1) is 30.8. The first-order valence-electron chi connectivity index (χ1n) is 17.9. The molecular weight excluding hydrogens is 645 g/mol. The van der Waals surface area contributed by atoms with Crippen molar-refractivity contribution in [3.8, 4) is 56.4 Å². The van der Waals surface area contributed by atoms with E-state index in [1.54, 1.807) is 0 Å². The molecule has 2 aromatic heterocycles. The van der Waals surface area contributed by atoms with Gasteiger partial charge in [0.2, 0.25) is 0 Å². The minimum absolute atomic E-state index is 0.610. The Morgan fingerprint density at radius 1 is 0.358 bits per heavy atom. The molecule has 0 fully saturated rings. The number of hydrogen-bond donors (Lipinski definition) is 0. The summed E-state index contributed by atoms with van der Waals surface area (Å²) in [6, 6.07) is 65.6. The Labute approximate surface area is 308 Å². The van der Waals surface area contributed by atoms with Crippen molar-refractivity contribution in [1.29, 1.82) is 0 Å². The molecule has 0 atom stereocenters. The highest BCUT2D eigenvalue weighted by molar-refractivity contribution is 6.03. The number of fused-ring (bicyclic) bond motifs is 4. The molecule has 0 N–H and O–H groups in total. The molecule has 0 radical (unpaired) electrons. The van der Waals surface area contributed by atoms with Gasteiger partial charge in [-0.25, -0.2) is 19.9 Å². The lowest BCUT2D eigenvalue weighted by Crippen LogP contribution is -2.29. The Morgan fingerprint density at radius 3 is 1.40 bits per heavy atom. The zero-order chi connectivity index (χ0) is 35.2. The van der Waals surface area contributed by atoms with Crippen LogP contribution in [0.1, 0.15) is 22.4 Å². The lowest BCUT2D eigenvalue weighted by molar-refractivity contribution is 0.736. The van der Waals surface area contributed by atoms with Crippen LogP contribution in [0.3, 0.4) is 0 Å². The van der Waals surface area contributed by atoms with Crippen molar-refractivity contribution in [3.63, 3.8) is 0 Å². The molecule has 1 aliphatic rings.